The fraction of sp³-hybridized carbons (Fsp3) is 0.143. The van der Waals surface area contributed by atoms with Crippen molar-refractivity contribution in [3.63, 3.8) is 0 Å². The van der Waals surface area contributed by atoms with Gasteiger partial charge in [-0.05, 0) is 45.9 Å². The lowest BCUT2D eigenvalue weighted by Gasteiger charge is -2.17. The molecule has 2 N–H and O–H groups in total. The highest BCUT2D eigenvalue weighted by molar-refractivity contribution is 9.10. The van der Waals surface area contributed by atoms with Crippen molar-refractivity contribution in [2.45, 2.75) is 10.9 Å². The molecule has 1 unspecified atom stereocenters. The molecule has 0 spiro atoms. The number of nitrogens with two attached hydrogens (primary N) is 1. The Hall–Kier alpha value is -0.550. The molecule has 0 aliphatic heterocycles. The quantitative estimate of drug-likeness (QED) is 0.615. The Kier molecular flexibility index (Phi) is 4.90. The van der Waals surface area contributed by atoms with Crippen LogP contribution in [0.15, 0.2) is 45.8 Å². The van der Waals surface area contributed by atoms with Crippen LogP contribution in [-0.2, 0) is 0 Å². The summed E-state index contributed by atoms with van der Waals surface area (Å²) in [4.78, 5) is 1.04. The number of hydrogen-bond donors (Lipinski definition) is 1. The Labute approximate surface area is 129 Å². The van der Waals surface area contributed by atoms with Gasteiger partial charge in [-0.15, -0.1) is 11.8 Å². The van der Waals surface area contributed by atoms with Gasteiger partial charge in [0.05, 0.1) is 11.1 Å². The summed E-state index contributed by atoms with van der Waals surface area (Å²) in [6.45, 7) is 0. The average Bonchev–Trinajstić information content (AvgIpc) is 2.42. The second-order valence-corrected chi connectivity index (χ2v) is 6.12. The monoisotopic (exact) mass is 359 g/mol. The molecule has 19 heavy (non-hydrogen) atoms. The molecule has 1 nitrogen and oxygen atoms in total. The van der Waals surface area contributed by atoms with Crippen molar-refractivity contribution < 1.29 is 4.39 Å². The topological polar surface area (TPSA) is 26.0 Å². The van der Waals surface area contributed by atoms with Crippen molar-refractivity contribution in [1.29, 1.82) is 0 Å². The van der Waals surface area contributed by atoms with Crippen molar-refractivity contribution >= 4 is 39.3 Å². The molecule has 0 fully saturated rings. The normalized spacial score (nSPS) is 12.5. The molecule has 2 aromatic carbocycles. The molecule has 0 aliphatic rings. The van der Waals surface area contributed by atoms with E-state index >= 15 is 0 Å². The van der Waals surface area contributed by atoms with Crippen LogP contribution in [0.2, 0.25) is 5.02 Å². The molecule has 2 rings (SSSR count). The first-order valence-corrected chi connectivity index (χ1v) is 7.97. The van der Waals surface area contributed by atoms with E-state index in [1.807, 2.05) is 30.5 Å². The molecule has 0 saturated carbocycles. The number of halogens is 3. The summed E-state index contributed by atoms with van der Waals surface area (Å²) in [6, 6.07) is 10.1. The van der Waals surface area contributed by atoms with Crippen LogP contribution in [0, 0.1) is 5.82 Å². The fourth-order valence-electron chi connectivity index (χ4n) is 1.87. The maximum atomic E-state index is 14.0. The predicted molar refractivity (Wildman–Crippen MR) is 83.4 cm³/mol. The largest absolute Gasteiger partial charge is 0.320 e. The highest BCUT2D eigenvalue weighted by Crippen LogP contribution is 2.33. The second kappa shape index (κ2) is 6.27. The highest BCUT2D eigenvalue weighted by Gasteiger charge is 2.18. The third-order valence-corrected chi connectivity index (χ3v) is 4.86. The maximum Gasteiger partial charge on any atom is 0.129 e. The van der Waals surface area contributed by atoms with Crippen LogP contribution in [0.1, 0.15) is 17.2 Å². The zero-order chi connectivity index (χ0) is 14.0. The van der Waals surface area contributed by atoms with E-state index in [0.29, 0.717) is 15.1 Å². The lowest BCUT2D eigenvalue weighted by molar-refractivity contribution is 0.597. The Morgan fingerprint density at radius 1 is 1.26 bits per heavy atom. The van der Waals surface area contributed by atoms with Gasteiger partial charge in [-0.2, -0.15) is 0 Å². The predicted octanol–water partition coefficient (Wildman–Crippen LogP) is 5.01. The first-order valence-electron chi connectivity index (χ1n) is 5.57. The molecular formula is C14H12BrClFNS. The van der Waals surface area contributed by atoms with E-state index < -0.39 is 6.04 Å². The minimum absolute atomic E-state index is 0.361. The van der Waals surface area contributed by atoms with Crippen molar-refractivity contribution in [3.05, 3.63) is 62.8 Å². The summed E-state index contributed by atoms with van der Waals surface area (Å²) in [5.74, 6) is -0.361. The van der Waals surface area contributed by atoms with E-state index in [0.717, 1.165) is 10.5 Å². The Morgan fingerprint density at radius 2 is 1.95 bits per heavy atom. The van der Waals surface area contributed by atoms with E-state index in [9.17, 15) is 4.39 Å². The van der Waals surface area contributed by atoms with E-state index in [-0.39, 0.29) is 5.82 Å². The Morgan fingerprint density at radius 3 is 2.63 bits per heavy atom. The molecule has 0 amide bonds. The first kappa shape index (κ1) is 14.9. The van der Waals surface area contributed by atoms with Gasteiger partial charge < -0.3 is 5.73 Å². The van der Waals surface area contributed by atoms with Gasteiger partial charge in [-0.3, -0.25) is 0 Å². The molecule has 0 aliphatic carbocycles. The summed E-state index contributed by atoms with van der Waals surface area (Å²) < 4.78 is 14.6. The fourth-order valence-corrected chi connectivity index (χ4v) is 3.00. The molecular weight excluding hydrogens is 349 g/mol. The summed E-state index contributed by atoms with van der Waals surface area (Å²) >= 11 is 10.8. The lowest BCUT2D eigenvalue weighted by atomic mass is 9.99. The van der Waals surface area contributed by atoms with E-state index in [1.165, 1.54) is 6.07 Å². The minimum atomic E-state index is -0.533. The van der Waals surface area contributed by atoms with Gasteiger partial charge in [0, 0.05) is 14.9 Å². The van der Waals surface area contributed by atoms with Gasteiger partial charge in [-0.25, -0.2) is 4.39 Å². The molecule has 0 saturated heterocycles. The van der Waals surface area contributed by atoms with Gasteiger partial charge in [-0.1, -0.05) is 29.8 Å². The Balaban J connectivity index is 2.50. The molecule has 0 radical (unpaired) electrons. The minimum Gasteiger partial charge on any atom is -0.320 e. The first-order chi connectivity index (χ1) is 9.04. The van der Waals surface area contributed by atoms with Crippen LogP contribution in [0.25, 0.3) is 0 Å². The molecule has 100 valence electrons. The summed E-state index contributed by atoms with van der Waals surface area (Å²) in [6.07, 6.45) is 1.97. The van der Waals surface area contributed by atoms with Crippen LogP contribution in [0.3, 0.4) is 0 Å². The van der Waals surface area contributed by atoms with Gasteiger partial charge in [0.2, 0.25) is 0 Å². The third-order valence-electron chi connectivity index (χ3n) is 2.85. The summed E-state index contributed by atoms with van der Waals surface area (Å²) in [5.41, 5.74) is 7.48. The molecule has 1 atom stereocenters. The SMILES string of the molecule is CSc1ccccc1C(N)c1cc(Cl)c(Br)cc1F. The summed E-state index contributed by atoms with van der Waals surface area (Å²) in [7, 11) is 0. The van der Waals surface area contributed by atoms with Gasteiger partial charge >= 0.3 is 0 Å². The van der Waals surface area contributed by atoms with Gasteiger partial charge in [0.1, 0.15) is 5.82 Å². The standard InChI is InChI=1S/C14H12BrClFNS/c1-19-13-5-3-2-4-8(13)14(18)9-6-11(16)10(15)7-12(9)17/h2-7,14H,18H2,1H3. The van der Waals surface area contributed by atoms with Gasteiger partial charge in [0.25, 0.3) is 0 Å². The van der Waals surface area contributed by atoms with Crippen LogP contribution in [-0.4, -0.2) is 6.26 Å². The average molecular weight is 361 g/mol. The number of hydrogen-bond acceptors (Lipinski definition) is 2. The molecule has 0 aromatic heterocycles. The van der Waals surface area contributed by atoms with Crippen LogP contribution in [0.4, 0.5) is 4.39 Å². The zero-order valence-electron chi connectivity index (χ0n) is 10.2. The zero-order valence-corrected chi connectivity index (χ0v) is 13.3. The summed E-state index contributed by atoms with van der Waals surface area (Å²) in [5, 5.41) is 0.452. The molecule has 0 bridgehead atoms. The van der Waals surface area contributed by atoms with Crippen molar-refractivity contribution in [3.8, 4) is 0 Å². The molecule has 0 heterocycles. The van der Waals surface area contributed by atoms with Crippen LogP contribution < -0.4 is 5.73 Å². The van der Waals surface area contributed by atoms with Crippen molar-refractivity contribution in [1.82, 2.24) is 0 Å². The Bertz CT molecular complexity index is 606. The lowest BCUT2D eigenvalue weighted by Crippen LogP contribution is -2.14. The molecule has 2 aromatic rings. The molecule has 5 heteroatoms. The third kappa shape index (κ3) is 3.14. The van der Waals surface area contributed by atoms with Crippen molar-refractivity contribution in [2.75, 3.05) is 6.26 Å². The highest BCUT2D eigenvalue weighted by atomic mass is 79.9. The van der Waals surface area contributed by atoms with E-state index in [1.54, 1.807) is 17.8 Å². The maximum absolute atomic E-state index is 14.0. The smallest absolute Gasteiger partial charge is 0.129 e. The van der Waals surface area contributed by atoms with Gasteiger partial charge in [0.15, 0.2) is 0 Å². The second-order valence-electron chi connectivity index (χ2n) is 4.01. The number of thioether (sulfide) groups is 1. The van der Waals surface area contributed by atoms with E-state index in [2.05, 4.69) is 15.9 Å². The van der Waals surface area contributed by atoms with Crippen molar-refractivity contribution in [2.24, 2.45) is 5.73 Å². The number of benzene rings is 2. The van der Waals surface area contributed by atoms with E-state index in [4.69, 9.17) is 17.3 Å². The van der Waals surface area contributed by atoms with Crippen LogP contribution in [0.5, 0.6) is 0 Å². The number of rotatable bonds is 3. The van der Waals surface area contributed by atoms with Crippen LogP contribution >= 0.6 is 39.3 Å².